The molecule has 3 aromatic rings. The number of benzene rings is 1. The van der Waals surface area contributed by atoms with Crippen LogP contribution in [0.25, 0.3) is 5.65 Å². The number of ether oxygens (including phenoxy) is 1. The molecule has 0 bridgehead atoms. The Balaban J connectivity index is 1.26. The largest absolute Gasteiger partial charge is 0.373 e. The molecular formula is C23H30N6O2. The number of morpholine rings is 1. The molecule has 0 aliphatic carbocycles. The lowest BCUT2D eigenvalue weighted by molar-refractivity contribution is -0.0704. The summed E-state index contributed by atoms with van der Waals surface area (Å²) in [6, 6.07) is 13.6. The smallest absolute Gasteiger partial charge is 0.315 e. The Labute approximate surface area is 182 Å². The first kappa shape index (κ1) is 21.3. The van der Waals surface area contributed by atoms with Gasteiger partial charge in [0.1, 0.15) is 0 Å². The lowest BCUT2D eigenvalue weighted by Crippen LogP contribution is -2.44. The van der Waals surface area contributed by atoms with Crippen LogP contribution >= 0.6 is 0 Å². The number of rotatable bonds is 6. The van der Waals surface area contributed by atoms with E-state index in [2.05, 4.69) is 63.8 Å². The summed E-state index contributed by atoms with van der Waals surface area (Å²) in [6.07, 6.45) is 2.42. The summed E-state index contributed by atoms with van der Waals surface area (Å²) in [7, 11) is 0. The second-order valence-corrected chi connectivity index (χ2v) is 8.30. The van der Waals surface area contributed by atoms with E-state index < -0.39 is 0 Å². The zero-order valence-corrected chi connectivity index (χ0v) is 18.3. The van der Waals surface area contributed by atoms with Crippen molar-refractivity contribution in [2.45, 2.75) is 52.1 Å². The Morgan fingerprint density at radius 3 is 2.55 bits per heavy atom. The molecule has 0 spiro atoms. The molecule has 164 valence electrons. The molecule has 1 fully saturated rings. The molecule has 1 saturated heterocycles. The first-order valence-corrected chi connectivity index (χ1v) is 10.8. The van der Waals surface area contributed by atoms with E-state index in [1.807, 2.05) is 35.7 Å². The third kappa shape index (κ3) is 5.39. The van der Waals surface area contributed by atoms with Gasteiger partial charge in [0.15, 0.2) is 11.5 Å². The Bertz CT molecular complexity index is 1010. The monoisotopic (exact) mass is 422 g/mol. The van der Waals surface area contributed by atoms with E-state index in [0.717, 1.165) is 30.8 Å². The molecule has 8 heteroatoms. The van der Waals surface area contributed by atoms with Gasteiger partial charge < -0.3 is 15.4 Å². The topological polar surface area (TPSA) is 83.8 Å². The van der Waals surface area contributed by atoms with Crippen LogP contribution in [0.3, 0.4) is 0 Å². The fourth-order valence-electron chi connectivity index (χ4n) is 4.08. The number of hydrogen-bond donors (Lipinski definition) is 2. The molecule has 3 heterocycles. The quantitative estimate of drug-likeness (QED) is 0.638. The number of nitrogens with one attached hydrogen (secondary N) is 2. The van der Waals surface area contributed by atoms with Gasteiger partial charge >= 0.3 is 6.03 Å². The minimum atomic E-state index is -0.266. The highest BCUT2D eigenvalue weighted by Gasteiger charge is 2.22. The summed E-state index contributed by atoms with van der Waals surface area (Å²) < 4.78 is 7.68. The van der Waals surface area contributed by atoms with Gasteiger partial charge in [0.25, 0.3) is 0 Å². The minimum Gasteiger partial charge on any atom is -0.373 e. The van der Waals surface area contributed by atoms with Crippen LogP contribution in [0.15, 0.2) is 48.7 Å². The van der Waals surface area contributed by atoms with Gasteiger partial charge in [0.05, 0.1) is 18.2 Å². The molecule has 4 rings (SSSR count). The first-order valence-electron chi connectivity index (χ1n) is 10.8. The van der Waals surface area contributed by atoms with Gasteiger partial charge in [-0.2, -0.15) is 0 Å². The third-order valence-corrected chi connectivity index (χ3v) is 5.45. The third-order valence-electron chi connectivity index (χ3n) is 5.45. The van der Waals surface area contributed by atoms with Gasteiger partial charge in [-0.3, -0.25) is 9.30 Å². The van der Waals surface area contributed by atoms with Crippen LogP contribution in [-0.4, -0.2) is 50.8 Å². The molecule has 2 N–H and O–H groups in total. The lowest BCUT2D eigenvalue weighted by Gasteiger charge is -2.35. The van der Waals surface area contributed by atoms with Crippen LogP contribution in [0, 0.1) is 0 Å². The average molecular weight is 423 g/mol. The van der Waals surface area contributed by atoms with Gasteiger partial charge in [-0.25, -0.2) is 4.79 Å². The van der Waals surface area contributed by atoms with Crippen molar-refractivity contribution in [3.8, 4) is 0 Å². The fraction of sp³-hybridized carbons (Fsp3) is 0.435. The summed E-state index contributed by atoms with van der Waals surface area (Å²) in [5.41, 5.74) is 3.08. The van der Waals surface area contributed by atoms with Crippen LogP contribution in [0.4, 0.5) is 4.79 Å². The van der Waals surface area contributed by atoms with Crippen LogP contribution in [0.5, 0.6) is 0 Å². The highest BCUT2D eigenvalue weighted by atomic mass is 16.5. The van der Waals surface area contributed by atoms with E-state index in [4.69, 9.17) is 4.74 Å². The second-order valence-electron chi connectivity index (χ2n) is 8.30. The maximum absolute atomic E-state index is 12.4. The van der Waals surface area contributed by atoms with Crippen molar-refractivity contribution in [2.75, 3.05) is 13.1 Å². The Hall–Kier alpha value is -2.97. The molecule has 2 aromatic heterocycles. The standard InChI is InChI=1S/C23H30N6O2/c1-16-13-28(14-17(2)31-16)15-20-9-7-19(8-10-20)12-24-23(30)25-18(3)22-27-26-21-6-4-5-11-29(21)22/h4-11,16-18H,12-15H2,1-3H3,(H2,24,25,30). The highest BCUT2D eigenvalue weighted by Crippen LogP contribution is 2.15. The van der Waals surface area contributed by atoms with Gasteiger partial charge in [-0.05, 0) is 44.0 Å². The van der Waals surface area contributed by atoms with Crippen molar-refractivity contribution >= 4 is 11.7 Å². The number of hydrogen-bond acceptors (Lipinski definition) is 5. The highest BCUT2D eigenvalue weighted by molar-refractivity contribution is 5.74. The van der Waals surface area contributed by atoms with Crippen molar-refractivity contribution in [1.82, 2.24) is 30.1 Å². The molecule has 0 saturated carbocycles. The van der Waals surface area contributed by atoms with Crippen molar-refractivity contribution in [3.05, 3.63) is 65.6 Å². The zero-order chi connectivity index (χ0) is 21.8. The van der Waals surface area contributed by atoms with E-state index in [-0.39, 0.29) is 24.3 Å². The summed E-state index contributed by atoms with van der Waals surface area (Å²) in [4.78, 5) is 14.8. The molecule has 1 aliphatic rings. The second kappa shape index (κ2) is 9.45. The van der Waals surface area contributed by atoms with Gasteiger partial charge in [0, 0.05) is 32.4 Å². The maximum atomic E-state index is 12.4. The van der Waals surface area contributed by atoms with Gasteiger partial charge in [0.2, 0.25) is 0 Å². The van der Waals surface area contributed by atoms with E-state index in [0.29, 0.717) is 12.4 Å². The SMILES string of the molecule is CC1CN(Cc2ccc(CNC(=O)NC(C)c3nnc4ccccn34)cc2)CC(C)O1. The summed E-state index contributed by atoms with van der Waals surface area (Å²) in [5.74, 6) is 0.696. The lowest BCUT2D eigenvalue weighted by atomic mass is 10.1. The molecule has 1 aromatic carbocycles. The zero-order valence-electron chi connectivity index (χ0n) is 18.3. The Morgan fingerprint density at radius 1 is 1.10 bits per heavy atom. The van der Waals surface area contributed by atoms with E-state index in [9.17, 15) is 4.79 Å². The number of fused-ring (bicyclic) bond motifs is 1. The normalized spacial score (nSPS) is 20.5. The van der Waals surface area contributed by atoms with Gasteiger partial charge in [-0.1, -0.05) is 30.3 Å². The van der Waals surface area contributed by atoms with Crippen molar-refractivity contribution in [2.24, 2.45) is 0 Å². The number of nitrogens with zero attached hydrogens (tertiary/aromatic N) is 4. The fourth-order valence-corrected chi connectivity index (χ4v) is 4.08. The molecule has 1 aliphatic heterocycles. The number of carbonyl (C=O) groups excluding carboxylic acids is 1. The van der Waals surface area contributed by atoms with Crippen LogP contribution in [0.1, 0.15) is 43.8 Å². The molecule has 2 amide bonds. The molecule has 8 nitrogen and oxygen atoms in total. The number of aromatic nitrogens is 3. The van der Waals surface area contributed by atoms with E-state index >= 15 is 0 Å². The average Bonchev–Trinajstić information content (AvgIpc) is 3.17. The van der Waals surface area contributed by atoms with Crippen LogP contribution < -0.4 is 10.6 Å². The minimum absolute atomic E-state index is 0.236. The van der Waals surface area contributed by atoms with Crippen molar-refractivity contribution in [3.63, 3.8) is 0 Å². The van der Waals surface area contributed by atoms with Gasteiger partial charge in [-0.15, -0.1) is 10.2 Å². The molecule has 3 atom stereocenters. The Morgan fingerprint density at radius 2 is 1.81 bits per heavy atom. The van der Waals surface area contributed by atoms with Crippen LogP contribution in [0.2, 0.25) is 0 Å². The predicted molar refractivity (Wildman–Crippen MR) is 119 cm³/mol. The van der Waals surface area contributed by atoms with Crippen molar-refractivity contribution in [1.29, 1.82) is 0 Å². The molecular weight excluding hydrogens is 392 g/mol. The number of urea groups is 1. The summed E-state index contributed by atoms with van der Waals surface area (Å²) >= 11 is 0. The van der Waals surface area contributed by atoms with E-state index in [1.165, 1.54) is 5.56 Å². The summed E-state index contributed by atoms with van der Waals surface area (Å²) in [6.45, 7) is 9.41. The van der Waals surface area contributed by atoms with E-state index in [1.54, 1.807) is 0 Å². The predicted octanol–water partition coefficient (Wildman–Crippen LogP) is 2.90. The molecule has 3 unspecified atom stereocenters. The molecule has 0 radical (unpaired) electrons. The number of carbonyl (C=O) groups is 1. The van der Waals surface area contributed by atoms with Crippen LogP contribution in [-0.2, 0) is 17.8 Å². The number of pyridine rings is 1. The maximum Gasteiger partial charge on any atom is 0.315 e. The first-order chi connectivity index (χ1) is 15.0. The Kier molecular flexibility index (Phi) is 6.48. The molecule has 31 heavy (non-hydrogen) atoms. The number of amides is 2. The van der Waals surface area contributed by atoms with Crippen molar-refractivity contribution < 1.29 is 9.53 Å². The summed E-state index contributed by atoms with van der Waals surface area (Å²) in [5, 5.41) is 14.2.